The molecule has 0 spiro atoms. The van der Waals surface area contributed by atoms with E-state index in [4.69, 9.17) is 5.11 Å². The number of aliphatic hydroxyl groups is 1. The summed E-state index contributed by atoms with van der Waals surface area (Å²) in [6, 6.07) is 4.47. The molecule has 0 amide bonds. The van der Waals surface area contributed by atoms with Crippen molar-refractivity contribution in [3.63, 3.8) is 0 Å². The van der Waals surface area contributed by atoms with Gasteiger partial charge in [-0.25, -0.2) is 4.68 Å². The van der Waals surface area contributed by atoms with Crippen molar-refractivity contribution < 1.29 is 5.11 Å². The van der Waals surface area contributed by atoms with Crippen molar-refractivity contribution in [2.75, 3.05) is 11.9 Å². The van der Waals surface area contributed by atoms with Crippen LogP contribution >= 0.6 is 0 Å². The van der Waals surface area contributed by atoms with Gasteiger partial charge in [-0.05, 0) is 56.9 Å². The Labute approximate surface area is 126 Å². The lowest BCUT2D eigenvalue weighted by molar-refractivity contribution is 0.270. The largest absolute Gasteiger partial charge is 0.394 e. The van der Waals surface area contributed by atoms with E-state index >= 15 is 0 Å². The summed E-state index contributed by atoms with van der Waals surface area (Å²) in [7, 11) is 0. The van der Waals surface area contributed by atoms with Gasteiger partial charge in [-0.2, -0.15) is 5.10 Å². The van der Waals surface area contributed by atoms with Gasteiger partial charge < -0.3 is 10.4 Å². The molecule has 0 aliphatic heterocycles. The Morgan fingerprint density at radius 2 is 1.71 bits per heavy atom. The third-order valence-electron chi connectivity index (χ3n) is 4.14. The van der Waals surface area contributed by atoms with Crippen LogP contribution in [-0.2, 0) is 13.1 Å². The quantitative estimate of drug-likeness (QED) is 0.888. The van der Waals surface area contributed by atoms with Crippen molar-refractivity contribution in [1.29, 1.82) is 0 Å². The third kappa shape index (κ3) is 3.27. The second-order valence-electron chi connectivity index (χ2n) is 5.72. The first-order valence-corrected chi connectivity index (χ1v) is 7.39. The van der Waals surface area contributed by atoms with E-state index in [0.717, 1.165) is 23.6 Å². The summed E-state index contributed by atoms with van der Waals surface area (Å²) in [6.07, 6.45) is 0. The van der Waals surface area contributed by atoms with Crippen molar-refractivity contribution in [3.05, 3.63) is 45.6 Å². The van der Waals surface area contributed by atoms with E-state index in [0.29, 0.717) is 6.54 Å². The first-order valence-electron chi connectivity index (χ1n) is 7.39. The van der Waals surface area contributed by atoms with Gasteiger partial charge in [0.05, 0.1) is 18.8 Å². The molecule has 0 radical (unpaired) electrons. The van der Waals surface area contributed by atoms with Crippen LogP contribution in [0.5, 0.6) is 0 Å². The van der Waals surface area contributed by atoms with Crippen molar-refractivity contribution >= 4 is 5.82 Å². The Hall–Kier alpha value is -1.81. The predicted octanol–water partition coefficient (Wildman–Crippen LogP) is 3.03. The smallest absolute Gasteiger partial charge is 0.127 e. The summed E-state index contributed by atoms with van der Waals surface area (Å²) in [4.78, 5) is 0. The molecule has 0 aliphatic carbocycles. The highest BCUT2D eigenvalue weighted by atomic mass is 16.3. The molecular weight excluding hydrogens is 262 g/mol. The number of benzene rings is 1. The number of rotatable bonds is 5. The molecule has 4 heteroatoms. The summed E-state index contributed by atoms with van der Waals surface area (Å²) in [6.45, 7) is 11.9. The molecule has 0 saturated carbocycles. The van der Waals surface area contributed by atoms with E-state index < -0.39 is 0 Å². The average Bonchev–Trinajstić information content (AvgIpc) is 2.69. The second kappa shape index (κ2) is 6.31. The summed E-state index contributed by atoms with van der Waals surface area (Å²) in [5.41, 5.74) is 7.38. The van der Waals surface area contributed by atoms with E-state index in [9.17, 15) is 0 Å². The Balaban J connectivity index is 2.22. The van der Waals surface area contributed by atoms with Crippen LogP contribution in [0.15, 0.2) is 12.1 Å². The number of hydrogen-bond acceptors (Lipinski definition) is 3. The van der Waals surface area contributed by atoms with Gasteiger partial charge in [0.1, 0.15) is 5.82 Å². The van der Waals surface area contributed by atoms with Crippen molar-refractivity contribution in [1.82, 2.24) is 9.78 Å². The van der Waals surface area contributed by atoms with Gasteiger partial charge in [-0.3, -0.25) is 0 Å². The van der Waals surface area contributed by atoms with Crippen molar-refractivity contribution in [3.8, 4) is 0 Å². The molecule has 114 valence electrons. The van der Waals surface area contributed by atoms with Gasteiger partial charge >= 0.3 is 0 Å². The minimum absolute atomic E-state index is 0.0951. The number of aryl methyl sites for hydroxylation is 4. The Kier molecular flexibility index (Phi) is 4.68. The van der Waals surface area contributed by atoms with Gasteiger partial charge in [-0.1, -0.05) is 12.1 Å². The van der Waals surface area contributed by atoms with Crippen LogP contribution in [0, 0.1) is 34.6 Å². The summed E-state index contributed by atoms with van der Waals surface area (Å²) >= 11 is 0. The minimum Gasteiger partial charge on any atom is -0.394 e. The van der Waals surface area contributed by atoms with Gasteiger partial charge in [0.15, 0.2) is 0 Å². The van der Waals surface area contributed by atoms with Crippen LogP contribution in [0.3, 0.4) is 0 Å². The zero-order valence-corrected chi connectivity index (χ0v) is 13.6. The van der Waals surface area contributed by atoms with Crippen LogP contribution in [0.1, 0.15) is 33.5 Å². The second-order valence-corrected chi connectivity index (χ2v) is 5.72. The molecule has 0 aliphatic rings. The highest BCUT2D eigenvalue weighted by Gasteiger charge is 2.11. The van der Waals surface area contributed by atoms with Gasteiger partial charge in [0.25, 0.3) is 0 Å². The topological polar surface area (TPSA) is 50.1 Å². The van der Waals surface area contributed by atoms with Gasteiger partial charge in [-0.15, -0.1) is 0 Å². The maximum Gasteiger partial charge on any atom is 0.127 e. The highest BCUT2D eigenvalue weighted by Crippen LogP contribution is 2.21. The molecule has 4 nitrogen and oxygen atoms in total. The third-order valence-corrected chi connectivity index (χ3v) is 4.14. The first kappa shape index (κ1) is 15.6. The SMILES string of the molecule is Cc1cc(C)c(CNc2c(C)c(C)nn2CCO)cc1C. The summed E-state index contributed by atoms with van der Waals surface area (Å²) in [5, 5.41) is 17.1. The molecule has 1 aromatic heterocycles. The molecule has 21 heavy (non-hydrogen) atoms. The number of nitrogens with one attached hydrogen (secondary N) is 1. The summed E-state index contributed by atoms with van der Waals surface area (Å²) in [5.74, 6) is 0.999. The maximum atomic E-state index is 9.15. The van der Waals surface area contributed by atoms with E-state index in [1.165, 1.54) is 22.3 Å². The van der Waals surface area contributed by atoms with Gasteiger partial charge in [0, 0.05) is 12.1 Å². The molecule has 2 N–H and O–H groups in total. The Bertz CT molecular complexity index is 644. The van der Waals surface area contributed by atoms with Gasteiger partial charge in [0.2, 0.25) is 0 Å². The number of aliphatic hydroxyl groups excluding tert-OH is 1. The monoisotopic (exact) mass is 287 g/mol. The number of nitrogens with zero attached hydrogens (tertiary/aromatic N) is 2. The first-order chi connectivity index (χ1) is 9.93. The molecule has 2 rings (SSSR count). The molecular formula is C17H25N3O. The zero-order valence-electron chi connectivity index (χ0n) is 13.6. The lowest BCUT2D eigenvalue weighted by atomic mass is 10.0. The fourth-order valence-corrected chi connectivity index (χ4v) is 2.54. The van der Waals surface area contributed by atoms with E-state index in [1.807, 2.05) is 11.6 Å². The maximum absolute atomic E-state index is 9.15. The fraction of sp³-hybridized carbons (Fsp3) is 0.471. The molecule has 0 atom stereocenters. The summed E-state index contributed by atoms with van der Waals surface area (Å²) < 4.78 is 1.85. The van der Waals surface area contributed by atoms with Crippen LogP contribution in [-0.4, -0.2) is 21.5 Å². The van der Waals surface area contributed by atoms with Crippen LogP contribution in [0.4, 0.5) is 5.82 Å². The van der Waals surface area contributed by atoms with Crippen LogP contribution in [0.25, 0.3) is 0 Å². The van der Waals surface area contributed by atoms with Crippen LogP contribution < -0.4 is 5.32 Å². The lowest BCUT2D eigenvalue weighted by Crippen LogP contribution is -2.11. The number of aromatic nitrogens is 2. The molecule has 1 heterocycles. The Morgan fingerprint density at radius 1 is 1.05 bits per heavy atom. The molecule has 0 fully saturated rings. The van der Waals surface area contributed by atoms with Crippen molar-refractivity contribution in [2.45, 2.75) is 47.7 Å². The standard InChI is InChI=1S/C17H25N3O/c1-11-8-13(3)16(9-12(11)2)10-18-17-14(4)15(5)19-20(17)6-7-21/h8-9,18,21H,6-7,10H2,1-5H3. The van der Waals surface area contributed by atoms with E-state index in [2.05, 4.69) is 50.2 Å². The molecule has 0 bridgehead atoms. The zero-order chi connectivity index (χ0) is 15.6. The minimum atomic E-state index is 0.0951. The van der Waals surface area contributed by atoms with Crippen molar-refractivity contribution in [2.24, 2.45) is 0 Å². The highest BCUT2D eigenvalue weighted by molar-refractivity contribution is 5.48. The van der Waals surface area contributed by atoms with Crippen LogP contribution in [0.2, 0.25) is 0 Å². The normalized spacial score (nSPS) is 11.0. The lowest BCUT2D eigenvalue weighted by Gasteiger charge is -2.13. The Morgan fingerprint density at radius 3 is 2.38 bits per heavy atom. The fourth-order valence-electron chi connectivity index (χ4n) is 2.54. The molecule has 2 aromatic rings. The number of anilines is 1. The van der Waals surface area contributed by atoms with E-state index in [1.54, 1.807) is 0 Å². The van der Waals surface area contributed by atoms with E-state index in [-0.39, 0.29) is 6.61 Å². The molecule has 0 unspecified atom stereocenters. The average molecular weight is 287 g/mol. The predicted molar refractivity (Wildman–Crippen MR) is 86.8 cm³/mol. The molecule has 1 aromatic carbocycles. The molecule has 0 saturated heterocycles. The number of hydrogen-bond donors (Lipinski definition) is 2.